The van der Waals surface area contributed by atoms with Crippen molar-refractivity contribution < 1.29 is 32.3 Å². The van der Waals surface area contributed by atoms with Crippen molar-refractivity contribution in [1.82, 2.24) is 19.6 Å². The van der Waals surface area contributed by atoms with Crippen LogP contribution in [-0.2, 0) is 24.4 Å². The normalized spacial score (nSPS) is 26.3. The van der Waals surface area contributed by atoms with Crippen LogP contribution < -0.4 is 19.5 Å². The van der Waals surface area contributed by atoms with Gasteiger partial charge in [0.25, 0.3) is 0 Å². The Hall–Kier alpha value is -4.82. The lowest BCUT2D eigenvalue weighted by molar-refractivity contribution is -0.139. The van der Waals surface area contributed by atoms with E-state index < -0.39 is 44.3 Å². The molecule has 2 N–H and O–H groups in total. The second-order valence-electron chi connectivity index (χ2n) is 17.2. The van der Waals surface area contributed by atoms with E-state index >= 15 is 0 Å². The van der Waals surface area contributed by atoms with Gasteiger partial charge < -0.3 is 19.7 Å². The van der Waals surface area contributed by atoms with Crippen molar-refractivity contribution in [2.24, 2.45) is 11.3 Å². The minimum Gasteiger partial charge on any atom is -0.497 e. The molecule has 14 heteroatoms. The molecule has 59 heavy (non-hydrogen) atoms. The number of nitrogens with one attached hydrogen (secondary N) is 2. The highest BCUT2D eigenvalue weighted by molar-refractivity contribution is 7.91. The van der Waals surface area contributed by atoms with Gasteiger partial charge in [-0.15, -0.1) is 11.3 Å². The summed E-state index contributed by atoms with van der Waals surface area (Å²) in [6.45, 7) is 5.97. The summed E-state index contributed by atoms with van der Waals surface area (Å²) in [5.74, 6) is 0.00346. The number of methoxy groups -OCH3 is 1. The van der Waals surface area contributed by atoms with Gasteiger partial charge in [0, 0.05) is 41.4 Å². The van der Waals surface area contributed by atoms with Gasteiger partial charge in [-0.25, -0.2) is 18.4 Å². The Morgan fingerprint density at radius 3 is 2.56 bits per heavy atom. The van der Waals surface area contributed by atoms with Crippen LogP contribution in [0.3, 0.4) is 0 Å². The number of thiazole rings is 1. The Morgan fingerprint density at radius 2 is 1.83 bits per heavy atom. The maximum atomic E-state index is 14.9. The number of carbonyl (C=O) groups excluding carboxylic acids is 3. The van der Waals surface area contributed by atoms with Gasteiger partial charge in [0.1, 0.15) is 34.3 Å². The molecule has 2 amide bonds. The molecule has 4 aliphatic rings. The van der Waals surface area contributed by atoms with E-state index in [1.54, 1.807) is 18.9 Å². The third-order valence-corrected chi connectivity index (χ3v) is 15.6. The van der Waals surface area contributed by atoms with E-state index in [2.05, 4.69) is 30.0 Å². The van der Waals surface area contributed by atoms with Crippen LogP contribution >= 0.6 is 11.3 Å². The van der Waals surface area contributed by atoms with Crippen LogP contribution in [0.25, 0.3) is 21.6 Å². The molecule has 312 valence electrons. The molecular weight excluding hydrogens is 787 g/mol. The molecule has 0 unspecified atom stereocenters. The van der Waals surface area contributed by atoms with Crippen LogP contribution in [-0.4, -0.2) is 77.5 Å². The van der Waals surface area contributed by atoms with Crippen LogP contribution in [0.2, 0.25) is 0 Å². The van der Waals surface area contributed by atoms with Crippen molar-refractivity contribution in [3.63, 3.8) is 0 Å². The number of pyridine rings is 1. The van der Waals surface area contributed by atoms with E-state index in [1.807, 2.05) is 66.1 Å². The quantitative estimate of drug-likeness (QED) is 0.151. The molecule has 8 rings (SSSR count). The highest BCUT2D eigenvalue weighted by Crippen LogP contribution is 2.57. The topological polar surface area (TPSA) is 157 Å². The molecule has 0 radical (unpaired) electrons. The number of fused-ring (bicyclic) bond motifs is 3. The van der Waals surface area contributed by atoms with Crippen LogP contribution in [0.1, 0.15) is 96.6 Å². The predicted octanol–water partition coefficient (Wildman–Crippen LogP) is 7.80. The Labute approximate surface area is 350 Å². The van der Waals surface area contributed by atoms with E-state index in [0.717, 1.165) is 47.5 Å². The summed E-state index contributed by atoms with van der Waals surface area (Å²) in [4.78, 5) is 55.1. The summed E-state index contributed by atoms with van der Waals surface area (Å²) in [5.41, 5.74) is 1.84. The molecule has 2 aromatic carbocycles. The molecule has 0 spiro atoms. The summed E-state index contributed by atoms with van der Waals surface area (Å²) < 4.78 is 40.4. The van der Waals surface area contributed by atoms with Crippen LogP contribution in [0.15, 0.2) is 72.1 Å². The van der Waals surface area contributed by atoms with Gasteiger partial charge in [-0.3, -0.25) is 19.1 Å². The number of rotatable bonds is 10. The standard InChI is InChI=1S/C45H53N5O7S2/c1-28(2)37-27-58-41(48-37)36-23-40(33-18-17-31(56-4)21-35(33)47-36)57-32-22-38-39(51)25-45(43(53)49-59(54,55)44(3)19-20-44)24-29(45)13-9-6-5-7-12-16-34(42(52)50(38)26-32)46-30-14-10-8-11-15-30/h8-11,13-15,17-18,21,23,27-29,32,34,38,46H,5-7,12,16,19-20,22,24-26H2,1-4H3,(H,49,53)/b13-9-/t29-,32+,34-,38-,45+/m0/s1. The number of amides is 2. The molecule has 0 bridgehead atoms. The van der Waals surface area contributed by atoms with E-state index in [0.29, 0.717) is 48.4 Å². The first-order valence-corrected chi connectivity index (χ1v) is 23.1. The number of aromatic nitrogens is 2. The second-order valence-corrected chi connectivity index (χ2v) is 20.3. The zero-order chi connectivity index (χ0) is 41.5. The van der Waals surface area contributed by atoms with Crippen molar-refractivity contribution in [2.45, 2.75) is 114 Å². The Kier molecular flexibility index (Phi) is 11.3. The maximum Gasteiger partial charge on any atom is 0.245 e. The second kappa shape index (κ2) is 16.3. The molecule has 3 fully saturated rings. The zero-order valence-electron chi connectivity index (χ0n) is 34.1. The first kappa shape index (κ1) is 40.9. The Balaban J connectivity index is 1.14. The first-order valence-electron chi connectivity index (χ1n) is 20.8. The van der Waals surface area contributed by atoms with Crippen molar-refractivity contribution in [1.29, 1.82) is 0 Å². The molecule has 2 aromatic heterocycles. The fourth-order valence-corrected chi connectivity index (χ4v) is 10.7. The highest BCUT2D eigenvalue weighted by Gasteiger charge is 2.62. The molecule has 12 nitrogen and oxygen atoms in total. The van der Waals surface area contributed by atoms with Crippen molar-refractivity contribution in [3.05, 3.63) is 77.8 Å². The molecule has 2 saturated carbocycles. The SMILES string of the molecule is COc1ccc2c(O[C@@H]3C[C@H]4C(=O)C[C@]5(C(=O)NS(=O)(=O)C6(C)CC6)C[C@@H]5/C=C\CCCCC[C@H](Nc5ccccc5)C(=O)N4C3)cc(-c3nc(C(C)C)cs3)nc2c1. The number of allylic oxidation sites excluding steroid dienone is 2. The number of nitrogens with zero attached hydrogens (tertiary/aromatic N) is 3. The van der Waals surface area contributed by atoms with Crippen molar-refractivity contribution in [2.75, 3.05) is 19.0 Å². The molecule has 4 heterocycles. The van der Waals surface area contributed by atoms with Crippen molar-refractivity contribution in [3.8, 4) is 22.2 Å². The average Bonchev–Trinajstić information content (AvgIpc) is 3.99. The largest absolute Gasteiger partial charge is 0.497 e. The van der Waals surface area contributed by atoms with Crippen molar-refractivity contribution >= 4 is 55.5 Å². The first-order chi connectivity index (χ1) is 28.3. The third-order valence-electron chi connectivity index (χ3n) is 12.6. The maximum absolute atomic E-state index is 14.9. The Bertz CT molecular complexity index is 2380. The van der Waals surface area contributed by atoms with E-state index in [-0.39, 0.29) is 42.9 Å². The minimum atomic E-state index is -3.93. The van der Waals surface area contributed by atoms with Gasteiger partial charge in [0.05, 0.1) is 41.1 Å². The number of Topliss-reactive ketones (excluding diaryl/α,β-unsaturated/α-hetero) is 1. The molecule has 2 aliphatic heterocycles. The number of para-hydroxylation sites is 1. The lowest BCUT2D eigenvalue weighted by Gasteiger charge is -2.30. The minimum absolute atomic E-state index is 0.140. The number of sulfonamides is 1. The molecular formula is C45H53N5O7S2. The van der Waals surface area contributed by atoms with E-state index in [1.165, 1.54) is 11.3 Å². The van der Waals surface area contributed by atoms with Crippen LogP contribution in [0.5, 0.6) is 11.5 Å². The summed E-state index contributed by atoms with van der Waals surface area (Å²) in [5, 5.41) is 6.99. The smallest absolute Gasteiger partial charge is 0.245 e. The molecule has 1 saturated heterocycles. The molecule has 5 atom stereocenters. The van der Waals surface area contributed by atoms with E-state index in [9.17, 15) is 22.8 Å². The lowest BCUT2D eigenvalue weighted by Crippen LogP contribution is -2.49. The summed E-state index contributed by atoms with van der Waals surface area (Å²) in [7, 11) is -2.33. The summed E-state index contributed by atoms with van der Waals surface area (Å²) in [6.07, 6.45) is 8.72. The number of hydrogen-bond donors (Lipinski definition) is 2. The molecule has 2 aliphatic carbocycles. The fourth-order valence-electron chi connectivity index (χ4n) is 8.38. The van der Waals surface area contributed by atoms with Gasteiger partial charge in [-0.2, -0.15) is 0 Å². The predicted molar refractivity (Wildman–Crippen MR) is 229 cm³/mol. The van der Waals surface area contributed by atoms with Gasteiger partial charge in [-0.05, 0) is 81.5 Å². The van der Waals surface area contributed by atoms with E-state index in [4.69, 9.17) is 19.4 Å². The third kappa shape index (κ3) is 8.48. The lowest BCUT2D eigenvalue weighted by atomic mass is 9.91. The number of ether oxygens (including phenoxy) is 2. The number of carbonyl (C=O) groups is 3. The van der Waals surface area contributed by atoms with Gasteiger partial charge in [0.2, 0.25) is 21.8 Å². The van der Waals surface area contributed by atoms with Crippen LogP contribution in [0.4, 0.5) is 5.69 Å². The number of ketones is 1. The number of anilines is 1. The Morgan fingerprint density at radius 1 is 1.03 bits per heavy atom. The average molecular weight is 840 g/mol. The van der Waals surface area contributed by atoms with Crippen LogP contribution in [0, 0.1) is 11.3 Å². The fraction of sp³-hybridized carbons (Fsp3) is 0.489. The monoisotopic (exact) mass is 839 g/mol. The summed E-state index contributed by atoms with van der Waals surface area (Å²) >= 11 is 1.51. The van der Waals surface area contributed by atoms with Gasteiger partial charge in [-0.1, -0.05) is 57.0 Å². The van der Waals surface area contributed by atoms with Gasteiger partial charge >= 0.3 is 0 Å². The highest BCUT2D eigenvalue weighted by atomic mass is 32.2. The zero-order valence-corrected chi connectivity index (χ0v) is 35.7. The number of benzene rings is 2. The number of hydrogen-bond acceptors (Lipinski definition) is 11. The molecule has 4 aromatic rings. The summed E-state index contributed by atoms with van der Waals surface area (Å²) in [6, 6.07) is 15.5. The van der Waals surface area contributed by atoms with Gasteiger partial charge in [0.15, 0.2) is 5.78 Å².